The van der Waals surface area contributed by atoms with Gasteiger partial charge in [0, 0.05) is 20.0 Å². The van der Waals surface area contributed by atoms with Crippen LogP contribution in [0.4, 0.5) is 5.69 Å². The van der Waals surface area contributed by atoms with Crippen LogP contribution >= 0.6 is 11.3 Å². The standard InChI is InChI=1S/C14H21N3O2S/c1-3-4-10-7-17(8-12(10)16-9(2)18)14(19)13-11(15)5-6-20-13/h5-6,10,12H,3-4,7-8,15H2,1-2H3,(H,16,18)/t10-,12-/m1/s1. The molecule has 0 unspecified atom stereocenters. The molecule has 0 bridgehead atoms. The molecule has 1 fully saturated rings. The third-order valence-corrected chi connectivity index (χ3v) is 4.58. The number of likely N-dealkylation sites (tertiary alicyclic amines) is 1. The summed E-state index contributed by atoms with van der Waals surface area (Å²) in [6.45, 7) is 4.90. The molecule has 2 amide bonds. The van der Waals surface area contributed by atoms with Crippen molar-refractivity contribution in [3.05, 3.63) is 16.3 Å². The molecule has 1 aromatic heterocycles. The lowest BCUT2D eigenvalue weighted by Crippen LogP contribution is -2.39. The van der Waals surface area contributed by atoms with Gasteiger partial charge in [-0.05, 0) is 23.8 Å². The van der Waals surface area contributed by atoms with Crippen LogP contribution in [-0.2, 0) is 4.79 Å². The summed E-state index contributed by atoms with van der Waals surface area (Å²) in [5, 5.41) is 4.79. The van der Waals surface area contributed by atoms with Crippen molar-refractivity contribution in [3.8, 4) is 0 Å². The van der Waals surface area contributed by atoms with E-state index in [0.29, 0.717) is 29.6 Å². The third kappa shape index (κ3) is 3.12. The van der Waals surface area contributed by atoms with E-state index < -0.39 is 0 Å². The lowest BCUT2D eigenvalue weighted by Gasteiger charge is -2.17. The summed E-state index contributed by atoms with van der Waals surface area (Å²) < 4.78 is 0. The van der Waals surface area contributed by atoms with E-state index in [-0.39, 0.29) is 17.9 Å². The number of nitrogen functional groups attached to an aromatic ring is 1. The Bertz CT molecular complexity index is 500. The van der Waals surface area contributed by atoms with E-state index in [1.807, 2.05) is 10.3 Å². The monoisotopic (exact) mass is 295 g/mol. The number of anilines is 1. The highest BCUT2D eigenvalue weighted by Gasteiger charge is 2.36. The van der Waals surface area contributed by atoms with Gasteiger partial charge in [-0.3, -0.25) is 9.59 Å². The molecule has 1 aliphatic heterocycles. The van der Waals surface area contributed by atoms with Crippen LogP contribution in [0.2, 0.25) is 0 Å². The maximum Gasteiger partial charge on any atom is 0.266 e. The lowest BCUT2D eigenvalue weighted by atomic mass is 9.98. The Morgan fingerprint density at radius 1 is 1.50 bits per heavy atom. The van der Waals surface area contributed by atoms with Gasteiger partial charge in [-0.2, -0.15) is 0 Å². The fraction of sp³-hybridized carbons (Fsp3) is 0.571. The first-order chi connectivity index (χ1) is 9.52. The number of carbonyl (C=O) groups excluding carboxylic acids is 2. The second-order valence-electron chi connectivity index (χ2n) is 5.27. The minimum Gasteiger partial charge on any atom is -0.397 e. The largest absolute Gasteiger partial charge is 0.397 e. The fourth-order valence-electron chi connectivity index (χ4n) is 2.76. The summed E-state index contributed by atoms with van der Waals surface area (Å²) in [5.41, 5.74) is 6.35. The summed E-state index contributed by atoms with van der Waals surface area (Å²) in [6, 6.07) is 1.81. The van der Waals surface area contributed by atoms with Gasteiger partial charge < -0.3 is 16.0 Å². The van der Waals surface area contributed by atoms with Crippen molar-refractivity contribution in [1.82, 2.24) is 10.2 Å². The zero-order valence-corrected chi connectivity index (χ0v) is 12.7. The number of hydrogen-bond donors (Lipinski definition) is 2. The SMILES string of the molecule is CCC[C@@H]1CN(C(=O)c2sccc2N)C[C@H]1NC(C)=O. The molecule has 0 radical (unpaired) electrons. The number of amides is 2. The van der Waals surface area contributed by atoms with Crippen molar-refractivity contribution >= 4 is 28.8 Å². The molecule has 1 aromatic rings. The smallest absolute Gasteiger partial charge is 0.266 e. The summed E-state index contributed by atoms with van der Waals surface area (Å²) in [5.74, 6) is 0.265. The Balaban J connectivity index is 2.09. The third-order valence-electron chi connectivity index (χ3n) is 3.67. The average Bonchev–Trinajstić information content (AvgIpc) is 2.96. The van der Waals surface area contributed by atoms with Crippen LogP contribution < -0.4 is 11.1 Å². The fourth-order valence-corrected chi connectivity index (χ4v) is 3.55. The molecule has 0 spiro atoms. The second-order valence-corrected chi connectivity index (χ2v) is 6.19. The Morgan fingerprint density at radius 2 is 2.25 bits per heavy atom. The van der Waals surface area contributed by atoms with E-state index in [2.05, 4.69) is 12.2 Å². The molecule has 3 N–H and O–H groups in total. The van der Waals surface area contributed by atoms with Gasteiger partial charge in [0.2, 0.25) is 5.91 Å². The molecule has 6 heteroatoms. The molecule has 0 saturated carbocycles. The molecule has 1 aliphatic rings. The number of hydrogen-bond acceptors (Lipinski definition) is 4. The molecule has 2 atom stereocenters. The first kappa shape index (κ1) is 14.8. The van der Waals surface area contributed by atoms with Gasteiger partial charge in [0.25, 0.3) is 5.91 Å². The quantitative estimate of drug-likeness (QED) is 0.888. The maximum absolute atomic E-state index is 12.5. The summed E-state index contributed by atoms with van der Waals surface area (Å²) in [6.07, 6.45) is 2.05. The van der Waals surface area contributed by atoms with Gasteiger partial charge in [-0.25, -0.2) is 0 Å². The minimum absolute atomic E-state index is 0.0218. The number of nitrogens with two attached hydrogens (primary N) is 1. The van der Waals surface area contributed by atoms with Crippen molar-refractivity contribution < 1.29 is 9.59 Å². The molecule has 110 valence electrons. The Kier molecular flexibility index (Phi) is 4.65. The average molecular weight is 295 g/mol. The molecule has 20 heavy (non-hydrogen) atoms. The zero-order chi connectivity index (χ0) is 14.7. The van der Waals surface area contributed by atoms with Crippen LogP contribution in [0.3, 0.4) is 0 Å². The van der Waals surface area contributed by atoms with Crippen molar-refractivity contribution in [2.75, 3.05) is 18.8 Å². The molecule has 1 saturated heterocycles. The summed E-state index contributed by atoms with van der Waals surface area (Å²) >= 11 is 1.37. The number of nitrogens with zero attached hydrogens (tertiary/aromatic N) is 1. The van der Waals surface area contributed by atoms with E-state index in [1.165, 1.54) is 18.3 Å². The van der Waals surface area contributed by atoms with Crippen LogP contribution in [0.25, 0.3) is 0 Å². The minimum atomic E-state index is -0.0407. The molecular formula is C14H21N3O2S. The van der Waals surface area contributed by atoms with E-state index in [9.17, 15) is 9.59 Å². The lowest BCUT2D eigenvalue weighted by molar-refractivity contribution is -0.119. The predicted octanol–water partition coefficient (Wildman–Crippen LogP) is 1.71. The normalized spacial score (nSPS) is 22.0. The van der Waals surface area contributed by atoms with Gasteiger partial charge in [-0.1, -0.05) is 13.3 Å². The number of nitrogens with one attached hydrogen (secondary N) is 1. The number of thiophene rings is 1. The molecule has 5 nitrogen and oxygen atoms in total. The highest BCUT2D eigenvalue weighted by atomic mass is 32.1. The molecule has 0 aromatic carbocycles. The van der Waals surface area contributed by atoms with Crippen LogP contribution in [0.1, 0.15) is 36.4 Å². The highest BCUT2D eigenvalue weighted by Crippen LogP contribution is 2.27. The van der Waals surface area contributed by atoms with Crippen molar-refractivity contribution in [3.63, 3.8) is 0 Å². The van der Waals surface area contributed by atoms with Crippen molar-refractivity contribution in [1.29, 1.82) is 0 Å². The highest BCUT2D eigenvalue weighted by molar-refractivity contribution is 7.12. The first-order valence-electron chi connectivity index (χ1n) is 6.92. The molecule has 2 heterocycles. The van der Waals surface area contributed by atoms with Crippen LogP contribution in [-0.4, -0.2) is 35.8 Å². The van der Waals surface area contributed by atoms with Crippen LogP contribution in [0.15, 0.2) is 11.4 Å². The molecule has 0 aliphatic carbocycles. The van der Waals surface area contributed by atoms with E-state index >= 15 is 0 Å². The Labute approximate surface area is 123 Å². The van der Waals surface area contributed by atoms with Gasteiger partial charge in [0.15, 0.2) is 0 Å². The number of rotatable bonds is 4. The van der Waals surface area contributed by atoms with Gasteiger partial charge >= 0.3 is 0 Å². The van der Waals surface area contributed by atoms with Crippen molar-refractivity contribution in [2.45, 2.75) is 32.7 Å². The predicted molar refractivity (Wildman–Crippen MR) is 80.6 cm³/mol. The summed E-state index contributed by atoms with van der Waals surface area (Å²) in [7, 11) is 0. The van der Waals surface area contributed by atoms with Gasteiger partial charge in [0.1, 0.15) is 4.88 Å². The zero-order valence-electron chi connectivity index (χ0n) is 11.9. The Morgan fingerprint density at radius 3 is 2.80 bits per heavy atom. The van der Waals surface area contributed by atoms with E-state index in [0.717, 1.165) is 12.8 Å². The summed E-state index contributed by atoms with van der Waals surface area (Å²) in [4.78, 5) is 26.1. The molecule has 2 rings (SSSR count). The Hall–Kier alpha value is -1.56. The van der Waals surface area contributed by atoms with E-state index in [4.69, 9.17) is 5.73 Å². The maximum atomic E-state index is 12.5. The van der Waals surface area contributed by atoms with Crippen LogP contribution in [0, 0.1) is 5.92 Å². The van der Waals surface area contributed by atoms with Gasteiger partial charge in [0.05, 0.1) is 11.7 Å². The topological polar surface area (TPSA) is 75.4 Å². The van der Waals surface area contributed by atoms with E-state index in [1.54, 1.807) is 6.07 Å². The molecular weight excluding hydrogens is 274 g/mol. The second kappa shape index (κ2) is 6.26. The first-order valence-corrected chi connectivity index (χ1v) is 7.80. The van der Waals surface area contributed by atoms with Crippen molar-refractivity contribution in [2.24, 2.45) is 5.92 Å². The van der Waals surface area contributed by atoms with Crippen LogP contribution in [0.5, 0.6) is 0 Å². The van der Waals surface area contributed by atoms with Gasteiger partial charge in [-0.15, -0.1) is 11.3 Å². The number of carbonyl (C=O) groups is 2.